The average Bonchev–Trinajstić information content (AvgIpc) is 3.48. The highest BCUT2D eigenvalue weighted by Gasteiger charge is 2.20. The Morgan fingerprint density at radius 1 is 1.06 bits per heavy atom. The fourth-order valence-electron chi connectivity index (χ4n) is 3.61. The maximum Gasteiger partial charge on any atom is 0.341 e. The molecule has 0 saturated carbocycles. The maximum atomic E-state index is 13.3. The van der Waals surface area contributed by atoms with Crippen LogP contribution in [0.1, 0.15) is 21.7 Å². The van der Waals surface area contributed by atoms with Crippen LogP contribution in [0.4, 0.5) is 0 Å². The highest BCUT2D eigenvalue weighted by molar-refractivity contribution is 7.98. The molecule has 32 heavy (non-hydrogen) atoms. The number of furan rings is 1. The number of fused-ring (bicyclic) bond motifs is 3. The molecule has 0 spiro atoms. The summed E-state index contributed by atoms with van der Waals surface area (Å²) in [6.07, 6.45) is 1.46. The molecule has 0 N–H and O–H groups in total. The van der Waals surface area contributed by atoms with Crippen LogP contribution in [0.5, 0.6) is 0 Å². The standard InChI is InChI=1S/C23H18N4O4S/c1-30-21(29)17-11-12-31-19(17)14-32-23-25-24-22-26(13-15-7-3-2-4-8-15)20(28)16-9-5-6-10-18(16)27(22)23/h2-12H,13-14H2,1H3. The molecule has 0 atom stereocenters. The smallest absolute Gasteiger partial charge is 0.341 e. The van der Waals surface area contributed by atoms with E-state index in [1.807, 2.05) is 52.9 Å². The number of methoxy groups -OCH3 is 1. The van der Waals surface area contributed by atoms with Crippen molar-refractivity contribution in [3.8, 4) is 0 Å². The molecule has 5 rings (SSSR count). The summed E-state index contributed by atoms with van der Waals surface area (Å²) in [6.45, 7) is 0.376. The summed E-state index contributed by atoms with van der Waals surface area (Å²) < 4.78 is 13.8. The lowest BCUT2D eigenvalue weighted by molar-refractivity contribution is 0.0598. The summed E-state index contributed by atoms with van der Waals surface area (Å²) in [5.74, 6) is 0.834. The third-order valence-corrected chi connectivity index (χ3v) is 6.07. The monoisotopic (exact) mass is 446 g/mol. The Kier molecular flexibility index (Phi) is 5.24. The van der Waals surface area contributed by atoms with E-state index in [0.717, 1.165) is 11.1 Å². The second kappa shape index (κ2) is 8.35. The van der Waals surface area contributed by atoms with Crippen LogP contribution in [-0.4, -0.2) is 32.2 Å². The van der Waals surface area contributed by atoms with Crippen LogP contribution in [0.3, 0.4) is 0 Å². The van der Waals surface area contributed by atoms with Crippen molar-refractivity contribution in [2.24, 2.45) is 0 Å². The molecule has 0 bridgehead atoms. The number of rotatable bonds is 6. The lowest BCUT2D eigenvalue weighted by Crippen LogP contribution is -2.24. The lowest BCUT2D eigenvalue weighted by Gasteiger charge is -2.11. The maximum absolute atomic E-state index is 13.3. The Labute approximate surface area is 186 Å². The third kappa shape index (κ3) is 3.46. The Hall–Kier alpha value is -3.85. The van der Waals surface area contributed by atoms with E-state index in [2.05, 4.69) is 10.2 Å². The molecule has 3 heterocycles. The van der Waals surface area contributed by atoms with Gasteiger partial charge in [0.1, 0.15) is 11.3 Å². The van der Waals surface area contributed by atoms with Gasteiger partial charge >= 0.3 is 5.97 Å². The fourth-order valence-corrected chi connectivity index (χ4v) is 4.50. The topological polar surface area (TPSA) is 91.6 Å². The van der Waals surface area contributed by atoms with E-state index in [1.54, 1.807) is 16.7 Å². The summed E-state index contributed by atoms with van der Waals surface area (Å²) in [7, 11) is 1.33. The van der Waals surface area contributed by atoms with Gasteiger partial charge in [0.2, 0.25) is 5.78 Å². The molecule has 0 radical (unpaired) electrons. The molecule has 0 saturated heterocycles. The van der Waals surface area contributed by atoms with Crippen LogP contribution in [-0.2, 0) is 17.0 Å². The van der Waals surface area contributed by atoms with Crippen molar-refractivity contribution in [2.75, 3.05) is 7.11 Å². The number of carbonyl (C=O) groups excluding carboxylic acids is 1. The van der Waals surface area contributed by atoms with Gasteiger partial charge in [0.25, 0.3) is 5.56 Å². The molecule has 5 aromatic rings. The van der Waals surface area contributed by atoms with Crippen LogP contribution >= 0.6 is 11.8 Å². The third-order valence-electron chi connectivity index (χ3n) is 5.14. The van der Waals surface area contributed by atoms with Crippen molar-refractivity contribution in [3.63, 3.8) is 0 Å². The second-order valence-corrected chi connectivity index (χ2v) is 7.99. The molecular formula is C23H18N4O4S. The van der Waals surface area contributed by atoms with E-state index < -0.39 is 5.97 Å². The van der Waals surface area contributed by atoms with Gasteiger partial charge in [0.15, 0.2) is 5.16 Å². The van der Waals surface area contributed by atoms with E-state index in [1.165, 1.54) is 25.1 Å². The molecular weight excluding hydrogens is 428 g/mol. The summed E-state index contributed by atoms with van der Waals surface area (Å²) in [4.78, 5) is 25.2. The lowest BCUT2D eigenvalue weighted by atomic mass is 10.2. The van der Waals surface area contributed by atoms with E-state index in [4.69, 9.17) is 9.15 Å². The minimum atomic E-state index is -0.456. The van der Waals surface area contributed by atoms with Crippen molar-refractivity contribution >= 4 is 34.4 Å². The highest BCUT2D eigenvalue weighted by Crippen LogP contribution is 2.27. The number of thioether (sulfide) groups is 1. The van der Waals surface area contributed by atoms with Gasteiger partial charge in [0.05, 0.1) is 36.6 Å². The fraction of sp³-hybridized carbons (Fsp3) is 0.130. The first-order valence-corrected chi connectivity index (χ1v) is 10.8. The molecule has 0 unspecified atom stereocenters. The van der Waals surface area contributed by atoms with Crippen molar-refractivity contribution < 1.29 is 13.9 Å². The van der Waals surface area contributed by atoms with Crippen molar-refractivity contribution in [2.45, 2.75) is 17.5 Å². The molecule has 8 nitrogen and oxygen atoms in total. The highest BCUT2D eigenvalue weighted by atomic mass is 32.2. The van der Waals surface area contributed by atoms with Crippen molar-refractivity contribution in [1.82, 2.24) is 19.2 Å². The predicted octanol–water partition coefficient (Wildman–Crippen LogP) is 3.76. The SMILES string of the molecule is COC(=O)c1ccoc1CSc1nnc2n(Cc3ccccc3)c(=O)c3ccccc3n12. The van der Waals surface area contributed by atoms with Crippen LogP contribution in [0, 0.1) is 0 Å². The number of aromatic nitrogens is 4. The number of carbonyl (C=O) groups is 1. The number of benzene rings is 2. The van der Waals surface area contributed by atoms with Crippen LogP contribution < -0.4 is 5.56 Å². The first-order valence-electron chi connectivity index (χ1n) is 9.85. The van der Waals surface area contributed by atoms with Gasteiger partial charge in [-0.25, -0.2) is 4.79 Å². The van der Waals surface area contributed by atoms with E-state index in [9.17, 15) is 9.59 Å². The Bertz CT molecular complexity index is 1490. The van der Waals surface area contributed by atoms with Gasteiger partial charge in [-0.1, -0.05) is 54.2 Å². The van der Waals surface area contributed by atoms with Crippen LogP contribution in [0.25, 0.3) is 16.7 Å². The van der Waals surface area contributed by atoms with Gasteiger partial charge in [-0.15, -0.1) is 10.2 Å². The second-order valence-electron chi connectivity index (χ2n) is 7.05. The summed E-state index contributed by atoms with van der Waals surface area (Å²) in [5.41, 5.74) is 1.96. The first kappa shape index (κ1) is 20.1. The van der Waals surface area contributed by atoms with E-state index >= 15 is 0 Å². The average molecular weight is 446 g/mol. The molecule has 0 aliphatic heterocycles. The number of hydrogen-bond donors (Lipinski definition) is 0. The molecule has 9 heteroatoms. The summed E-state index contributed by atoms with van der Waals surface area (Å²) in [6, 6.07) is 18.7. The normalized spacial score (nSPS) is 11.3. The molecule has 0 fully saturated rings. The zero-order chi connectivity index (χ0) is 22.1. The Morgan fingerprint density at radius 2 is 1.84 bits per heavy atom. The molecule has 2 aromatic carbocycles. The number of ether oxygens (including phenoxy) is 1. The van der Waals surface area contributed by atoms with E-state index in [0.29, 0.717) is 39.9 Å². The number of esters is 1. The van der Waals surface area contributed by atoms with Gasteiger partial charge in [-0.05, 0) is 23.8 Å². The van der Waals surface area contributed by atoms with Crippen LogP contribution in [0.2, 0.25) is 0 Å². The van der Waals surface area contributed by atoms with Gasteiger partial charge in [-0.3, -0.25) is 13.8 Å². The number of hydrogen-bond acceptors (Lipinski definition) is 7. The summed E-state index contributed by atoms with van der Waals surface area (Å²) >= 11 is 1.36. The zero-order valence-electron chi connectivity index (χ0n) is 17.1. The van der Waals surface area contributed by atoms with Crippen molar-refractivity contribution in [1.29, 1.82) is 0 Å². The Balaban J connectivity index is 1.60. The largest absolute Gasteiger partial charge is 0.468 e. The van der Waals surface area contributed by atoms with Gasteiger partial charge in [0, 0.05) is 0 Å². The van der Waals surface area contributed by atoms with Crippen LogP contribution in [0.15, 0.2) is 81.3 Å². The molecule has 3 aromatic heterocycles. The van der Waals surface area contributed by atoms with Crippen molar-refractivity contribution in [3.05, 3.63) is 94.2 Å². The molecule has 0 amide bonds. The Morgan fingerprint density at radius 3 is 2.66 bits per heavy atom. The van der Waals surface area contributed by atoms with Gasteiger partial charge < -0.3 is 9.15 Å². The minimum absolute atomic E-state index is 0.125. The summed E-state index contributed by atoms with van der Waals surface area (Å²) in [5, 5.41) is 9.84. The zero-order valence-corrected chi connectivity index (χ0v) is 17.9. The number of para-hydroxylation sites is 1. The molecule has 0 aliphatic rings. The quantitative estimate of drug-likeness (QED) is 0.290. The molecule has 160 valence electrons. The molecule has 0 aliphatic carbocycles. The number of nitrogens with zero attached hydrogens (tertiary/aromatic N) is 4. The first-order chi connectivity index (χ1) is 15.7. The minimum Gasteiger partial charge on any atom is -0.468 e. The predicted molar refractivity (Wildman–Crippen MR) is 120 cm³/mol. The van der Waals surface area contributed by atoms with E-state index in [-0.39, 0.29) is 5.56 Å². The van der Waals surface area contributed by atoms with Gasteiger partial charge in [-0.2, -0.15) is 0 Å².